The monoisotopic (exact) mass is 140 g/mol. The Morgan fingerprint density at radius 2 is 1.82 bits per heavy atom. The van der Waals surface area contributed by atoms with Crippen LogP contribution in [-0.2, 0) is 4.79 Å². The molecule has 0 saturated heterocycles. The number of carbonyl (C=O) groups is 1. The minimum atomic E-state index is -0.684. The van der Waals surface area contributed by atoms with Gasteiger partial charge in [-0.1, -0.05) is 30.3 Å². The summed E-state index contributed by atoms with van der Waals surface area (Å²) in [4.78, 5) is 10.6. The van der Waals surface area contributed by atoms with Crippen LogP contribution in [0.2, 0.25) is 0 Å². The Morgan fingerprint density at radius 1 is 1.27 bits per heavy atom. The topological polar surface area (TPSA) is 17.1 Å². The van der Waals surface area contributed by atoms with E-state index in [1.807, 2.05) is 18.2 Å². The minimum absolute atomic E-state index is 0.504. The van der Waals surface area contributed by atoms with Gasteiger partial charge < -0.3 is 4.79 Å². The maximum absolute atomic E-state index is 10.6. The minimum Gasteiger partial charge on any atom is -0.313 e. The lowest BCUT2D eigenvalue weighted by molar-refractivity contribution is -0.111. The first-order valence-corrected chi connectivity index (χ1v) is 3.31. The van der Waals surface area contributed by atoms with Crippen molar-refractivity contribution in [2.24, 2.45) is 0 Å². The summed E-state index contributed by atoms with van der Waals surface area (Å²) in [5.74, 6) is -0.684. The molecule has 3 heteroatoms. The molecule has 1 aromatic carbocycles. The summed E-state index contributed by atoms with van der Waals surface area (Å²) < 4.78 is 0. The molecule has 0 fully saturated rings. The molecule has 0 bridgehead atoms. The van der Waals surface area contributed by atoms with Crippen LogP contribution < -0.4 is 0 Å². The molecule has 0 aliphatic rings. The Kier molecular flexibility index (Phi) is 2.53. The molecule has 1 rings (SSSR count). The average molecular weight is 140 g/mol. The molecule has 0 N–H and O–H groups in total. The SMILES string of the molecule is [B]C(=O)C([B])c1ccccc1. The van der Waals surface area contributed by atoms with Gasteiger partial charge in [0.2, 0.25) is 0 Å². The molecule has 0 spiro atoms. The lowest BCUT2D eigenvalue weighted by atomic mass is 9.71. The van der Waals surface area contributed by atoms with Gasteiger partial charge in [0.15, 0.2) is 7.85 Å². The normalized spacial score (nSPS) is 12.4. The molecule has 50 valence electrons. The molecule has 0 aliphatic carbocycles. The number of hydrogen-bond acceptors (Lipinski definition) is 1. The molecule has 1 nitrogen and oxygen atoms in total. The summed E-state index contributed by atoms with van der Waals surface area (Å²) in [6.45, 7) is 0. The molecule has 0 heterocycles. The highest BCUT2D eigenvalue weighted by molar-refractivity contribution is 6.63. The fourth-order valence-electron chi connectivity index (χ4n) is 0.825. The van der Waals surface area contributed by atoms with E-state index in [4.69, 9.17) is 15.7 Å². The number of benzene rings is 1. The third-order valence-corrected chi connectivity index (χ3v) is 1.47. The number of carbonyl (C=O) groups excluding carboxylic acids is 1. The lowest BCUT2D eigenvalue weighted by Crippen LogP contribution is -2.11. The van der Waals surface area contributed by atoms with Gasteiger partial charge in [-0.2, -0.15) is 0 Å². The van der Waals surface area contributed by atoms with Gasteiger partial charge in [-0.25, -0.2) is 0 Å². The van der Waals surface area contributed by atoms with Crippen molar-refractivity contribution in [1.82, 2.24) is 0 Å². The van der Waals surface area contributed by atoms with E-state index in [9.17, 15) is 4.79 Å². The molecule has 4 radical (unpaired) electrons. The summed E-state index contributed by atoms with van der Waals surface area (Å²) in [5, 5.41) is 0. The van der Waals surface area contributed by atoms with Gasteiger partial charge in [0.1, 0.15) is 0 Å². The number of rotatable bonds is 2. The summed E-state index contributed by atoms with van der Waals surface area (Å²) in [6.07, 6.45) is 0. The first-order valence-electron chi connectivity index (χ1n) is 3.31. The van der Waals surface area contributed by atoms with E-state index in [0.29, 0.717) is 0 Å². The first-order chi connectivity index (χ1) is 5.22. The molecule has 1 unspecified atom stereocenters. The van der Waals surface area contributed by atoms with Crippen LogP contribution in [0.1, 0.15) is 11.4 Å². The van der Waals surface area contributed by atoms with Gasteiger partial charge in [0.05, 0.1) is 13.5 Å². The number of hydrogen-bond donors (Lipinski definition) is 0. The second kappa shape index (κ2) is 3.42. The fourth-order valence-corrected chi connectivity index (χ4v) is 0.825. The van der Waals surface area contributed by atoms with Crippen LogP contribution in [0.15, 0.2) is 30.3 Å². The van der Waals surface area contributed by atoms with Crippen LogP contribution >= 0.6 is 0 Å². The van der Waals surface area contributed by atoms with E-state index < -0.39 is 11.5 Å². The van der Waals surface area contributed by atoms with Gasteiger partial charge in [0, 0.05) is 0 Å². The second-order valence-electron chi connectivity index (χ2n) is 2.29. The van der Waals surface area contributed by atoms with Crippen LogP contribution in [0.5, 0.6) is 0 Å². The van der Waals surface area contributed by atoms with Crippen LogP contribution in [0.25, 0.3) is 0 Å². The van der Waals surface area contributed by atoms with Crippen LogP contribution in [0.4, 0.5) is 0 Å². The predicted octanol–water partition coefficient (Wildman–Crippen LogP) is 0.591. The second-order valence-corrected chi connectivity index (χ2v) is 2.29. The molecule has 0 aromatic heterocycles. The molecule has 0 aliphatic heterocycles. The zero-order valence-electron chi connectivity index (χ0n) is 6.03. The van der Waals surface area contributed by atoms with E-state index in [2.05, 4.69) is 0 Å². The first kappa shape index (κ1) is 8.12. The van der Waals surface area contributed by atoms with E-state index >= 15 is 0 Å². The van der Waals surface area contributed by atoms with Crippen molar-refractivity contribution in [1.29, 1.82) is 0 Å². The van der Waals surface area contributed by atoms with Gasteiger partial charge in [-0.05, 0) is 11.4 Å². The summed E-state index contributed by atoms with van der Waals surface area (Å²) in [5.41, 5.74) is 0.246. The van der Waals surface area contributed by atoms with Gasteiger partial charge in [0.25, 0.3) is 0 Å². The van der Waals surface area contributed by atoms with Crippen molar-refractivity contribution in [3.8, 4) is 0 Å². The van der Waals surface area contributed by atoms with Crippen molar-refractivity contribution in [3.63, 3.8) is 0 Å². The Hall–Kier alpha value is -0.980. The summed E-state index contributed by atoms with van der Waals surface area (Å²) >= 11 is 0. The Labute approximate surface area is 68.6 Å². The summed E-state index contributed by atoms with van der Waals surface area (Å²) in [7, 11) is 10.5. The van der Waals surface area contributed by atoms with Crippen molar-refractivity contribution in [2.75, 3.05) is 0 Å². The highest BCUT2D eigenvalue weighted by Gasteiger charge is 2.07. The Bertz CT molecular complexity index is 246. The fraction of sp³-hybridized carbons (Fsp3) is 0.125. The highest BCUT2D eigenvalue weighted by Crippen LogP contribution is 2.10. The largest absolute Gasteiger partial charge is 0.313 e. The van der Waals surface area contributed by atoms with Crippen LogP contribution in [0, 0.1) is 0 Å². The molecule has 11 heavy (non-hydrogen) atoms. The zero-order chi connectivity index (χ0) is 8.27. The molecule has 0 saturated carbocycles. The molecular weight excluding hydrogens is 134 g/mol. The highest BCUT2D eigenvalue weighted by atomic mass is 16.1. The third-order valence-electron chi connectivity index (χ3n) is 1.47. The molecule has 1 atom stereocenters. The third kappa shape index (κ3) is 1.97. The van der Waals surface area contributed by atoms with E-state index in [-0.39, 0.29) is 0 Å². The quantitative estimate of drug-likeness (QED) is 0.549. The average Bonchev–Trinajstić information content (AvgIpc) is 2.05. The standard InChI is InChI=1S/C8H6B2O/c9-7(8(10)11)6-4-2-1-3-5-6/h1-5,7H. The van der Waals surface area contributed by atoms with Crippen LogP contribution in [0.3, 0.4) is 0 Å². The van der Waals surface area contributed by atoms with Crippen molar-refractivity contribution in [3.05, 3.63) is 35.9 Å². The van der Waals surface area contributed by atoms with Gasteiger partial charge >= 0.3 is 0 Å². The summed E-state index contributed by atoms with van der Waals surface area (Å²) in [6, 6.07) is 9.04. The Morgan fingerprint density at radius 3 is 2.27 bits per heavy atom. The lowest BCUT2D eigenvalue weighted by Gasteiger charge is -2.06. The van der Waals surface area contributed by atoms with Crippen molar-refractivity contribution in [2.45, 2.75) is 5.82 Å². The predicted molar refractivity (Wildman–Crippen MR) is 45.7 cm³/mol. The maximum Gasteiger partial charge on any atom is 0.167 e. The molecular formula is C8H6B2O. The van der Waals surface area contributed by atoms with E-state index in [1.165, 1.54) is 0 Å². The van der Waals surface area contributed by atoms with Crippen molar-refractivity contribution < 1.29 is 4.79 Å². The van der Waals surface area contributed by atoms with Gasteiger partial charge in [-0.15, -0.1) is 0 Å². The zero-order valence-corrected chi connectivity index (χ0v) is 6.03. The van der Waals surface area contributed by atoms with E-state index in [1.54, 1.807) is 12.1 Å². The van der Waals surface area contributed by atoms with Crippen LogP contribution in [-0.4, -0.2) is 21.4 Å². The van der Waals surface area contributed by atoms with Crippen molar-refractivity contribution >= 4 is 21.4 Å². The molecule has 0 amide bonds. The molecule has 1 aromatic rings. The smallest absolute Gasteiger partial charge is 0.167 e. The van der Waals surface area contributed by atoms with Gasteiger partial charge in [-0.3, -0.25) is 0 Å². The Balaban J connectivity index is 2.85. The van der Waals surface area contributed by atoms with E-state index in [0.717, 1.165) is 5.56 Å². The maximum atomic E-state index is 10.6.